The van der Waals surface area contributed by atoms with Crippen LogP contribution >= 0.6 is 0 Å². The summed E-state index contributed by atoms with van der Waals surface area (Å²) < 4.78 is 46.7. The number of halogens is 3. The van der Waals surface area contributed by atoms with Crippen LogP contribution in [0.4, 0.5) is 13.2 Å². The van der Waals surface area contributed by atoms with Crippen molar-refractivity contribution < 1.29 is 27.4 Å². The fourth-order valence-corrected chi connectivity index (χ4v) is 4.11. The first-order valence-corrected chi connectivity index (χ1v) is 9.14. The molecule has 2 aliphatic rings. The summed E-state index contributed by atoms with van der Waals surface area (Å²) in [7, 11) is 0. The van der Waals surface area contributed by atoms with Gasteiger partial charge in [-0.25, -0.2) is 0 Å². The molecule has 2 aromatic rings. The number of hydrogen-bond acceptors (Lipinski definition) is 4. The minimum absolute atomic E-state index is 0.0216. The third-order valence-corrected chi connectivity index (χ3v) is 5.20. The quantitative estimate of drug-likeness (QED) is 0.783. The fourth-order valence-electron chi connectivity index (χ4n) is 4.11. The zero-order valence-corrected chi connectivity index (χ0v) is 14.9. The first-order valence-electron chi connectivity index (χ1n) is 9.14. The molecule has 5 nitrogen and oxygen atoms in total. The van der Waals surface area contributed by atoms with E-state index >= 15 is 0 Å². The Hall–Kier alpha value is -2.77. The first-order chi connectivity index (χ1) is 13.4. The molecule has 0 saturated carbocycles. The van der Waals surface area contributed by atoms with Gasteiger partial charge in [-0.1, -0.05) is 0 Å². The largest absolute Gasteiger partial charge is 0.573 e. The van der Waals surface area contributed by atoms with Gasteiger partial charge >= 0.3 is 6.36 Å². The Morgan fingerprint density at radius 2 is 1.71 bits per heavy atom. The van der Waals surface area contributed by atoms with E-state index < -0.39 is 6.36 Å². The van der Waals surface area contributed by atoms with Gasteiger partial charge in [0.25, 0.3) is 5.91 Å². The normalized spacial score (nSPS) is 24.1. The molecule has 2 atom stereocenters. The molecule has 2 bridgehead atoms. The Morgan fingerprint density at radius 3 is 2.29 bits per heavy atom. The number of rotatable bonds is 4. The highest BCUT2D eigenvalue weighted by Gasteiger charge is 2.44. The van der Waals surface area contributed by atoms with Crippen molar-refractivity contribution in [3.63, 3.8) is 0 Å². The Bertz CT molecular complexity index is 813. The van der Waals surface area contributed by atoms with Gasteiger partial charge in [0, 0.05) is 36.7 Å². The Balaban J connectivity index is 1.42. The van der Waals surface area contributed by atoms with Crippen LogP contribution in [-0.2, 0) is 0 Å². The molecule has 2 unspecified atom stereocenters. The number of pyridine rings is 1. The number of aromatic nitrogens is 1. The Morgan fingerprint density at radius 1 is 1.04 bits per heavy atom. The molecule has 0 radical (unpaired) electrons. The summed E-state index contributed by atoms with van der Waals surface area (Å²) in [4.78, 5) is 18.8. The predicted molar refractivity (Wildman–Crippen MR) is 94.0 cm³/mol. The first kappa shape index (κ1) is 18.6. The van der Waals surface area contributed by atoms with E-state index in [-0.39, 0.29) is 29.8 Å². The molecule has 1 amide bonds. The summed E-state index contributed by atoms with van der Waals surface area (Å²) in [6.07, 6.45) is 1.89. The number of amides is 1. The number of nitrogens with zero attached hydrogens (tertiary/aromatic N) is 2. The third kappa shape index (κ3) is 4.05. The van der Waals surface area contributed by atoms with Gasteiger partial charge in [0.15, 0.2) is 0 Å². The summed E-state index contributed by atoms with van der Waals surface area (Å²) in [6, 6.07) is 8.90. The van der Waals surface area contributed by atoms with Crippen molar-refractivity contribution in [1.29, 1.82) is 0 Å². The molecule has 3 heterocycles. The van der Waals surface area contributed by atoms with Gasteiger partial charge in [0.1, 0.15) is 17.6 Å². The molecule has 8 heteroatoms. The van der Waals surface area contributed by atoms with E-state index in [2.05, 4.69) is 9.72 Å². The maximum absolute atomic E-state index is 12.9. The van der Waals surface area contributed by atoms with Crippen LogP contribution in [0.3, 0.4) is 0 Å². The topological polar surface area (TPSA) is 51.7 Å². The highest BCUT2D eigenvalue weighted by atomic mass is 19.4. The van der Waals surface area contributed by atoms with Crippen LogP contribution < -0.4 is 9.47 Å². The second-order valence-corrected chi connectivity index (χ2v) is 7.07. The van der Waals surface area contributed by atoms with Crippen molar-refractivity contribution >= 4 is 5.91 Å². The van der Waals surface area contributed by atoms with Crippen LogP contribution in [0, 0.1) is 0 Å². The number of piperidine rings is 1. The monoisotopic (exact) mass is 392 g/mol. The van der Waals surface area contributed by atoms with Gasteiger partial charge in [-0.15, -0.1) is 13.2 Å². The van der Waals surface area contributed by atoms with Crippen molar-refractivity contribution in [2.45, 2.75) is 50.2 Å². The number of carbonyl (C=O) groups is 1. The second-order valence-electron chi connectivity index (χ2n) is 7.07. The van der Waals surface area contributed by atoms with Gasteiger partial charge in [-0.2, -0.15) is 0 Å². The van der Waals surface area contributed by atoms with Crippen LogP contribution in [0.2, 0.25) is 0 Å². The summed E-state index contributed by atoms with van der Waals surface area (Å²) >= 11 is 0. The lowest BCUT2D eigenvalue weighted by Crippen LogP contribution is -2.49. The molecule has 4 rings (SSSR count). The number of hydrogen-bond donors (Lipinski definition) is 0. The van der Waals surface area contributed by atoms with Crippen LogP contribution in [-0.4, -0.2) is 40.3 Å². The molecule has 1 aromatic carbocycles. The SMILES string of the molecule is O=C(c1ccc(OC(F)(F)F)cc1)N1C2CCC1CC(Oc1cccnc1)C2. The smallest absolute Gasteiger partial charge is 0.489 e. The van der Waals surface area contributed by atoms with Crippen molar-refractivity contribution in [3.05, 3.63) is 54.4 Å². The number of fused-ring (bicyclic) bond motifs is 2. The summed E-state index contributed by atoms with van der Waals surface area (Å²) in [5.41, 5.74) is 0.359. The Kier molecular flexibility index (Phi) is 4.87. The van der Waals surface area contributed by atoms with Crippen LogP contribution in [0.25, 0.3) is 0 Å². The molecule has 148 valence electrons. The Labute approximate surface area is 160 Å². The lowest BCUT2D eigenvalue weighted by molar-refractivity contribution is -0.274. The van der Waals surface area contributed by atoms with Crippen LogP contribution in [0.15, 0.2) is 48.8 Å². The molecular weight excluding hydrogens is 373 g/mol. The molecule has 2 aliphatic heterocycles. The average Bonchev–Trinajstić information content (AvgIpc) is 2.92. The van der Waals surface area contributed by atoms with Crippen molar-refractivity contribution in [2.24, 2.45) is 0 Å². The zero-order valence-electron chi connectivity index (χ0n) is 14.9. The van der Waals surface area contributed by atoms with Crippen molar-refractivity contribution in [2.75, 3.05) is 0 Å². The van der Waals surface area contributed by atoms with E-state index in [4.69, 9.17) is 4.74 Å². The van der Waals surface area contributed by atoms with Gasteiger partial charge in [0.2, 0.25) is 0 Å². The molecule has 28 heavy (non-hydrogen) atoms. The number of benzene rings is 1. The maximum atomic E-state index is 12.9. The molecule has 0 spiro atoms. The molecule has 1 aromatic heterocycles. The molecular formula is C20H19F3N2O3. The molecule has 2 saturated heterocycles. The maximum Gasteiger partial charge on any atom is 0.573 e. The van der Waals surface area contributed by atoms with E-state index in [1.54, 1.807) is 12.4 Å². The number of ether oxygens (including phenoxy) is 2. The van der Waals surface area contributed by atoms with E-state index in [0.717, 1.165) is 25.7 Å². The van der Waals surface area contributed by atoms with E-state index in [1.807, 2.05) is 17.0 Å². The number of carbonyl (C=O) groups excluding carboxylic acids is 1. The number of alkyl halides is 3. The highest BCUT2D eigenvalue weighted by Crippen LogP contribution is 2.38. The van der Waals surface area contributed by atoms with E-state index in [0.29, 0.717) is 11.3 Å². The minimum atomic E-state index is -4.75. The lowest BCUT2D eigenvalue weighted by atomic mass is 9.98. The fraction of sp³-hybridized carbons (Fsp3) is 0.400. The third-order valence-electron chi connectivity index (χ3n) is 5.20. The zero-order chi connectivity index (χ0) is 19.7. The molecule has 2 fully saturated rings. The van der Waals surface area contributed by atoms with E-state index in [9.17, 15) is 18.0 Å². The summed E-state index contributed by atoms with van der Waals surface area (Å²) in [5.74, 6) is 0.216. The van der Waals surface area contributed by atoms with Gasteiger partial charge < -0.3 is 14.4 Å². The minimum Gasteiger partial charge on any atom is -0.489 e. The summed E-state index contributed by atoms with van der Waals surface area (Å²) in [6.45, 7) is 0. The molecule has 0 aliphatic carbocycles. The predicted octanol–water partition coefficient (Wildman–Crippen LogP) is 4.19. The van der Waals surface area contributed by atoms with Crippen molar-refractivity contribution in [3.8, 4) is 11.5 Å². The van der Waals surface area contributed by atoms with Crippen LogP contribution in [0.1, 0.15) is 36.0 Å². The molecule has 0 N–H and O–H groups in total. The van der Waals surface area contributed by atoms with Crippen LogP contribution in [0.5, 0.6) is 11.5 Å². The second kappa shape index (κ2) is 7.33. The van der Waals surface area contributed by atoms with Gasteiger partial charge in [-0.3, -0.25) is 9.78 Å². The highest BCUT2D eigenvalue weighted by molar-refractivity contribution is 5.95. The van der Waals surface area contributed by atoms with Crippen molar-refractivity contribution in [1.82, 2.24) is 9.88 Å². The standard InChI is InChI=1S/C20H19F3N2O3/c21-20(22,23)28-16-7-3-13(4-8-16)19(26)25-14-5-6-15(25)11-18(10-14)27-17-2-1-9-24-12-17/h1-4,7-9,12,14-15,18H,5-6,10-11H2. The average molecular weight is 392 g/mol. The van der Waals surface area contributed by atoms with Gasteiger partial charge in [0.05, 0.1) is 6.20 Å². The van der Waals surface area contributed by atoms with Gasteiger partial charge in [-0.05, 0) is 49.2 Å². The van der Waals surface area contributed by atoms with E-state index in [1.165, 1.54) is 24.3 Å². The summed E-state index contributed by atoms with van der Waals surface area (Å²) in [5, 5.41) is 0. The lowest BCUT2D eigenvalue weighted by Gasteiger charge is -2.39.